The predicted octanol–water partition coefficient (Wildman–Crippen LogP) is 3.12. The van der Waals surface area contributed by atoms with Crippen LogP contribution in [0.4, 0.5) is 0 Å². The molecule has 1 aromatic carbocycles. The van der Waals surface area contributed by atoms with Crippen molar-refractivity contribution in [2.24, 2.45) is 10.2 Å². The van der Waals surface area contributed by atoms with Crippen molar-refractivity contribution < 1.29 is 14.7 Å². The van der Waals surface area contributed by atoms with Gasteiger partial charge in [-0.15, -0.1) is 16.4 Å². The highest BCUT2D eigenvalue weighted by molar-refractivity contribution is 8.15. The molecular weight excluding hydrogens is 358 g/mol. The number of benzene rings is 1. The Morgan fingerprint density at radius 2 is 2.20 bits per heavy atom. The highest BCUT2D eigenvalue weighted by Crippen LogP contribution is 2.28. The Morgan fingerprint density at radius 3 is 2.92 bits per heavy atom. The number of nitrogens with zero attached hydrogens (tertiary/aromatic N) is 2. The van der Waals surface area contributed by atoms with E-state index in [0.717, 1.165) is 22.9 Å². The maximum absolute atomic E-state index is 11.6. The van der Waals surface area contributed by atoms with E-state index < -0.39 is 11.2 Å². The number of thiophene rings is 1. The molecule has 128 valence electrons. The Morgan fingerprint density at radius 1 is 1.36 bits per heavy atom. The fourth-order valence-corrected chi connectivity index (χ4v) is 4.03. The number of rotatable bonds is 5. The first kappa shape index (κ1) is 17.4. The lowest BCUT2D eigenvalue weighted by atomic mass is 10.1. The van der Waals surface area contributed by atoms with E-state index >= 15 is 0 Å². The molecule has 0 radical (unpaired) electrons. The molecule has 0 aliphatic carbocycles. The quantitative estimate of drug-likeness (QED) is 0.622. The number of carboxylic acid groups (broad SMARTS) is 1. The normalized spacial score (nSPS) is 18.8. The molecule has 2 heterocycles. The summed E-state index contributed by atoms with van der Waals surface area (Å²) in [5, 5.41) is 18.9. The number of nitrogens with one attached hydrogen (secondary N) is 1. The average Bonchev–Trinajstić information content (AvgIpc) is 3.14. The van der Waals surface area contributed by atoms with Gasteiger partial charge in [0.15, 0.2) is 5.17 Å². The van der Waals surface area contributed by atoms with E-state index in [1.165, 1.54) is 9.75 Å². The van der Waals surface area contributed by atoms with Gasteiger partial charge in [-0.25, -0.2) is 0 Å². The number of carbonyl (C=O) groups excluding carboxylic acids is 1. The van der Waals surface area contributed by atoms with Gasteiger partial charge in [-0.05, 0) is 36.2 Å². The van der Waals surface area contributed by atoms with Gasteiger partial charge in [0, 0.05) is 9.75 Å². The molecule has 3 rings (SSSR count). The number of carboxylic acids is 1. The van der Waals surface area contributed by atoms with Gasteiger partial charge in [-0.2, -0.15) is 5.10 Å². The Bertz CT molecular complexity index is 874. The zero-order valence-corrected chi connectivity index (χ0v) is 14.9. The van der Waals surface area contributed by atoms with Crippen molar-refractivity contribution in [3.63, 3.8) is 0 Å². The average molecular weight is 373 g/mol. The van der Waals surface area contributed by atoms with Gasteiger partial charge in [0.1, 0.15) is 5.25 Å². The van der Waals surface area contributed by atoms with Crippen LogP contribution in [-0.2, 0) is 9.59 Å². The molecule has 2 aromatic rings. The summed E-state index contributed by atoms with van der Waals surface area (Å²) in [4.78, 5) is 24.8. The largest absolute Gasteiger partial charge is 0.481 e. The Balaban J connectivity index is 1.68. The minimum absolute atomic E-state index is 0.235. The van der Waals surface area contributed by atoms with E-state index in [1.807, 2.05) is 24.3 Å². The Kier molecular flexibility index (Phi) is 5.30. The van der Waals surface area contributed by atoms with Crippen LogP contribution in [-0.4, -0.2) is 33.6 Å². The third-order valence-corrected chi connectivity index (χ3v) is 5.53. The smallest absolute Gasteiger partial charge is 0.305 e. The molecule has 1 atom stereocenters. The molecule has 1 unspecified atom stereocenters. The van der Waals surface area contributed by atoms with E-state index in [2.05, 4.69) is 34.6 Å². The maximum Gasteiger partial charge on any atom is 0.305 e. The van der Waals surface area contributed by atoms with Crippen LogP contribution in [0.5, 0.6) is 0 Å². The number of hydrogen-bond donors (Lipinski definition) is 2. The third-order valence-electron chi connectivity index (χ3n) is 3.40. The summed E-state index contributed by atoms with van der Waals surface area (Å²) in [7, 11) is 0. The summed E-state index contributed by atoms with van der Waals surface area (Å²) in [6.07, 6.45) is 1.37. The fraction of sp³-hybridized carbons (Fsp3) is 0.176. The molecule has 6 nitrogen and oxygen atoms in total. The van der Waals surface area contributed by atoms with Crippen molar-refractivity contribution in [2.45, 2.75) is 18.6 Å². The van der Waals surface area contributed by atoms with Crippen molar-refractivity contribution in [1.29, 1.82) is 0 Å². The van der Waals surface area contributed by atoms with E-state index in [1.54, 1.807) is 17.6 Å². The second kappa shape index (κ2) is 7.62. The van der Waals surface area contributed by atoms with Crippen LogP contribution >= 0.6 is 23.1 Å². The number of carbonyl (C=O) groups is 2. The van der Waals surface area contributed by atoms with Crippen molar-refractivity contribution in [3.05, 3.63) is 46.8 Å². The molecule has 25 heavy (non-hydrogen) atoms. The van der Waals surface area contributed by atoms with Crippen LogP contribution in [0.25, 0.3) is 10.4 Å². The summed E-state index contributed by atoms with van der Waals surface area (Å²) < 4.78 is 0. The first-order valence-corrected chi connectivity index (χ1v) is 9.18. The number of aliphatic carboxylic acids is 1. The van der Waals surface area contributed by atoms with Gasteiger partial charge >= 0.3 is 5.97 Å². The SMILES string of the molecule is Cc1ccc(-c2cccc(C=NN=C3NC(=O)C(CC(=O)O)S3)c2)s1. The van der Waals surface area contributed by atoms with E-state index in [0.29, 0.717) is 5.17 Å². The molecule has 1 aliphatic heterocycles. The maximum atomic E-state index is 11.6. The number of amidine groups is 1. The van der Waals surface area contributed by atoms with Crippen molar-refractivity contribution in [1.82, 2.24) is 5.32 Å². The molecule has 0 bridgehead atoms. The van der Waals surface area contributed by atoms with E-state index in [-0.39, 0.29) is 12.3 Å². The molecule has 1 fully saturated rings. The lowest BCUT2D eigenvalue weighted by Crippen LogP contribution is -2.26. The van der Waals surface area contributed by atoms with Gasteiger partial charge in [0.25, 0.3) is 0 Å². The van der Waals surface area contributed by atoms with Crippen LogP contribution in [0, 0.1) is 6.92 Å². The van der Waals surface area contributed by atoms with Crippen LogP contribution < -0.4 is 5.32 Å². The van der Waals surface area contributed by atoms with Gasteiger partial charge in [-0.3, -0.25) is 9.59 Å². The predicted molar refractivity (Wildman–Crippen MR) is 101 cm³/mol. The van der Waals surface area contributed by atoms with Gasteiger partial charge < -0.3 is 10.4 Å². The standard InChI is InChI=1S/C17H15N3O3S2/c1-10-5-6-13(24-10)12-4-2-3-11(7-12)9-18-20-17-19-16(23)14(25-17)8-15(21)22/h2-7,9,14H,8H2,1H3,(H,21,22)(H,19,20,23). The van der Waals surface area contributed by atoms with E-state index in [4.69, 9.17) is 5.11 Å². The van der Waals surface area contributed by atoms with E-state index in [9.17, 15) is 9.59 Å². The lowest BCUT2D eigenvalue weighted by molar-refractivity contribution is -0.138. The summed E-state index contributed by atoms with van der Waals surface area (Å²) >= 11 is 2.81. The number of aryl methyl sites for hydroxylation is 1. The summed E-state index contributed by atoms with van der Waals surface area (Å²) in [5.41, 5.74) is 2.00. The molecule has 1 aliphatic rings. The first-order valence-electron chi connectivity index (χ1n) is 7.48. The lowest BCUT2D eigenvalue weighted by Gasteiger charge is -1.99. The zero-order valence-electron chi connectivity index (χ0n) is 13.3. The molecule has 1 amide bonds. The van der Waals surface area contributed by atoms with Crippen molar-refractivity contribution in [2.75, 3.05) is 0 Å². The van der Waals surface area contributed by atoms with Gasteiger partial charge in [0.05, 0.1) is 12.6 Å². The Hall–Kier alpha value is -2.45. The second-order valence-electron chi connectivity index (χ2n) is 5.38. The topological polar surface area (TPSA) is 91.1 Å². The molecule has 0 saturated carbocycles. The molecular formula is C17H15N3O3S2. The minimum Gasteiger partial charge on any atom is -0.481 e. The molecule has 2 N–H and O–H groups in total. The molecule has 1 aromatic heterocycles. The van der Waals surface area contributed by atoms with Gasteiger partial charge in [-0.1, -0.05) is 30.0 Å². The first-order chi connectivity index (χ1) is 12.0. The zero-order chi connectivity index (χ0) is 17.8. The molecule has 1 saturated heterocycles. The summed E-state index contributed by atoms with van der Waals surface area (Å²) in [6.45, 7) is 2.07. The van der Waals surface area contributed by atoms with Crippen LogP contribution in [0.15, 0.2) is 46.6 Å². The number of amides is 1. The summed E-state index contributed by atoms with van der Waals surface area (Å²) in [6, 6.07) is 12.1. The number of hydrogen-bond acceptors (Lipinski definition) is 6. The Labute approximate surface area is 152 Å². The van der Waals surface area contributed by atoms with Gasteiger partial charge in [0.2, 0.25) is 5.91 Å². The second-order valence-corrected chi connectivity index (χ2v) is 7.86. The fourth-order valence-electron chi connectivity index (χ4n) is 2.26. The van der Waals surface area contributed by atoms with Crippen LogP contribution in [0.2, 0.25) is 0 Å². The molecule has 0 spiro atoms. The van der Waals surface area contributed by atoms with Crippen molar-refractivity contribution in [3.8, 4) is 10.4 Å². The number of thioether (sulfide) groups is 1. The van der Waals surface area contributed by atoms with Crippen LogP contribution in [0.3, 0.4) is 0 Å². The van der Waals surface area contributed by atoms with Crippen LogP contribution in [0.1, 0.15) is 16.9 Å². The third kappa shape index (κ3) is 4.55. The monoisotopic (exact) mass is 373 g/mol. The highest BCUT2D eigenvalue weighted by atomic mass is 32.2. The highest BCUT2D eigenvalue weighted by Gasteiger charge is 2.32. The minimum atomic E-state index is -1.02. The summed E-state index contributed by atoms with van der Waals surface area (Å²) in [5.74, 6) is -1.37. The van der Waals surface area contributed by atoms with Crippen molar-refractivity contribution >= 4 is 46.4 Å². The molecule has 8 heteroatoms.